The number of carbonyl (C=O) groups excluding carboxylic acids is 3. The first kappa shape index (κ1) is 21.4. The summed E-state index contributed by atoms with van der Waals surface area (Å²) >= 11 is 0. The molecule has 0 aliphatic rings. The number of nitrogens with one attached hydrogen (secondary N) is 2. The Bertz CT molecular complexity index is 898. The number of ketones is 1. The quantitative estimate of drug-likeness (QED) is 0.542. The molecular weight excluding hydrogens is 356 g/mol. The van der Waals surface area contributed by atoms with Gasteiger partial charge in [0.25, 0.3) is 5.91 Å². The van der Waals surface area contributed by atoms with Crippen LogP contribution in [-0.2, 0) is 9.53 Å². The number of aromatic nitrogens is 1. The molecule has 150 valence electrons. The van der Waals surface area contributed by atoms with Crippen LogP contribution in [0, 0.1) is 13.8 Å². The smallest absolute Gasteiger partial charge is 0.355 e. The first-order chi connectivity index (χ1) is 13.2. The first-order valence-electron chi connectivity index (χ1n) is 9.48. The van der Waals surface area contributed by atoms with Crippen LogP contribution in [0.15, 0.2) is 24.3 Å². The molecule has 2 N–H and O–H groups in total. The van der Waals surface area contributed by atoms with Crippen molar-refractivity contribution in [1.29, 1.82) is 0 Å². The molecule has 0 radical (unpaired) electrons. The summed E-state index contributed by atoms with van der Waals surface area (Å²) in [4.78, 5) is 39.7. The number of anilines is 1. The van der Waals surface area contributed by atoms with Crippen molar-refractivity contribution in [1.82, 2.24) is 4.98 Å². The number of esters is 1. The van der Waals surface area contributed by atoms with Gasteiger partial charge in [-0.1, -0.05) is 32.0 Å². The van der Waals surface area contributed by atoms with Crippen LogP contribution in [0.2, 0.25) is 0 Å². The summed E-state index contributed by atoms with van der Waals surface area (Å²) in [5.74, 6) is -0.899. The molecule has 1 aromatic heterocycles. The van der Waals surface area contributed by atoms with Gasteiger partial charge in [0.05, 0.1) is 0 Å². The van der Waals surface area contributed by atoms with E-state index in [1.54, 1.807) is 13.8 Å². The molecule has 6 heteroatoms. The van der Waals surface area contributed by atoms with Crippen LogP contribution in [0.3, 0.4) is 0 Å². The van der Waals surface area contributed by atoms with Crippen LogP contribution in [0.1, 0.15) is 77.7 Å². The Labute approximate surface area is 165 Å². The van der Waals surface area contributed by atoms with Crippen molar-refractivity contribution in [3.63, 3.8) is 0 Å². The predicted molar refractivity (Wildman–Crippen MR) is 109 cm³/mol. The van der Waals surface area contributed by atoms with Gasteiger partial charge in [-0.15, -0.1) is 0 Å². The summed E-state index contributed by atoms with van der Waals surface area (Å²) in [5.41, 5.74) is 3.57. The number of Topliss-reactive ketones (excluding diaryl/α,β-unsaturated/α-hetero) is 1. The lowest BCUT2D eigenvalue weighted by Crippen LogP contribution is -2.30. The Morgan fingerprint density at radius 3 is 2.36 bits per heavy atom. The average molecular weight is 384 g/mol. The highest BCUT2D eigenvalue weighted by molar-refractivity contribution is 6.02. The molecule has 0 saturated heterocycles. The van der Waals surface area contributed by atoms with Crippen LogP contribution in [0.5, 0.6) is 0 Å². The molecule has 1 heterocycles. The standard InChI is InChI=1S/C22H28N2O4/c1-7-12(2)17-10-8-9-11-18(17)24-21(26)16(6)28-22(27)20-13(3)19(15(5)25)14(4)23-20/h8-12,16,23H,7H2,1-6H3,(H,24,26)/t12-,16+/m1/s1. The lowest BCUT2D eigenvalue weighted by Gasteiger charge is -2.18. The maximum atomic E-state index is 12.6. The Hall–Kier alpha value is -2.89. The van der Waals surface area contributed by atoms with Gasteiger partial charge in [0.15, 0.2) is 11.9 Å². The number of H-pyrrole nitrogens is 1. The SMILES string of the molecule is CC[C@@H](C)c1ccccc1NC(=O)[C@H](C)OC(=O)c1[nH]c(C)c(C(C)=O)c1C. The summed E-state index contributed by atoms with van der Waals surface area (Å²) in [5, 5.41) is 2.85. The first-order valence-corrected chi connectivity index (χ1v) is 9.48. The van der Waals surface area contributed by atoms with Crippen molar-refractivity contribution < 1.29 is 19.1 Å². The fraction of sp³-hybridized carbons (Fsp3) is 0.409. The maximum Gasteiger partial charge on any atom is 0.355 e. The minimum atomic E-state index is -0.985. The Balaban J connectivity index is 2.13. The minimum absolute atomic E-state index is 0.127. The number of carbonyl (C=O) groups is 3. The molecule has 1 aromatic carbocycles. The number of hydrogen-bond acceptors (Lipinski definition) is 4. The number of para-hydroxylation sites is 1. The van der Waals surface area contributed by atoms with Gasteiger partial charge in [0, 0.05) is 16.9 Å². The highest BCUT2D eigenvalue weighted by atomic mass is 16.5. The lowest BCUT2D eigenvalue weighted by molar-refractivity contribution is -0.123. The summed E-state index contributed by atoms with van der Waals surface area (Å²) in [7, 11) is 0. The van der Waals surface area contributed by atoms with E-state index in [-0.39, 0.29) is 11.5 Å². The summed E-state index contributed by atoms with van der Waals surface area (Å²) in [6, 6.07) is 7.61. The molecule has 0 bridgehead atoms. The molecule has 0 spiro atoms. The third-order valence-electron chi connectivity index (χ3n) is 5.01. The Morgan fingerprint density at radius 1 is 1.14 bits per heavy atom. The van der Waals surface area contributed by atoms with Gasteiger partial charge < -0.3 is 15.0 Å². The van der Waals surface area contributed by atoms with Gasteiger partial charge in [0.2, 0.25) is 0 Å². The van der Waals surface area contributed by atoms with Gasteiger partial charge in [-0.3, -0.25) is 9.59 Å². The third kappa shape index (κ3) is 4.50. The molecule has 28 heavy (non-hydrogen) atoms. The molecule has 2 rings (SSSR count). The zero-order valence-electron chi connectivity index (χ0n) is 17.3. The van der Waals surface area contributed by atoms with Crippen LogP contribution in [-0.4, -0.2) is 28.7 Å². The second-order valence-corrected chi connectivity index (χ2v) is 7.11. The number of aromatic amines is 1. The molecule has 6 nitrogen and oxygen atoms in total. The topological polar surface area (TPSA) is 88.3 Å². The number of benzene rings is 1. The van der Waals surface area contributed by atoms with Crippen molar-refractivity contribution in [2.75, 3.05) is 5.32 Å². The molecule has 0 fully saturated rings. The lowest BCUT2D eigenvalue weighted by atomic mass is 9.97. The molecule has 0 aliphatic heterocycles. The van der Waals surface area contributed by atoms with E-state index < -0.39 is 18.0 Å². The number of hydrogen-bond donors (Lipinski definition) is 2. The van der Waals surface area contributed by atoms with E-state index >= 15 is 0 Å². The second-order valence-electron chi connectivity index (χ2n) is 7.11. The van der Waals surface area contributed by atoms with E-state index in [0.29, 0.717) is 22.7 Å². The van der Waals surface area contributed by atoms with E-state index in [1.165, 1.54) is 13.8 Å². The van der Waals surface area contributed by atoms with Crippen molar-refractivity contribution in [3.05, 3.63) is 52.3 Å². The van der Waals surface area contributed by atoms with E-state index in [0.717, 1.165) is 17.7 Å². The Kier molecular flexibility index (Phi) is 6.78. The number of amides is 1. The van der Waals surface area contributed by atoms with Crippen LogP contribution in [0.4, 0.5) is 5.69 Å². The highest BCUT2D eigenvalue weighted by Gasteiger charge is 2.25. The van der Waals surface area contributed by atoms with E-state index in [9.17, 15) is 14.4 Å². The summed E-state index contributed by atoms with van der Waals surface area (Å²) < 4.78 is 5.33. The molecular formula is C22H28N2O4. The van der Waals surface area contributed by atoms with E-state index in [4.69, 9.17) is 4.74 Å². The van der Waals surface area contributed by atoms with Crippen molar-refractivity contribution >= 4 is 23.3 Å². The largest absolute Gasteiger partial charge is 0.448 e. The zero-order chi connectivity index (χ0) is 21.0. The molecule has 0 saturated carbocycles. The van der Waals surface area contributed by atoms with Gasteiger partial charge in [-0.2, -0.15) is 0 Å². The normalized spacial score (nSPS) is 12.9. The fourth-order valence-corrected chi connectivity index (χ4v) is 3.25. The summed E-state index contributed by atoms with van der Waals surface area (Å²) in [6.45, 7) is 10.6. The highest BCUT2D eigenvalue weighted by Crippen LogP contribution is 2.27. The van der Waals surface area contributed by atoms with Crippen LogP contribution < -0.4 is 5.32 Å². The van der Waals surface area contributed by atoms with Gasteiger partial charge in [0.1, 0.15) is 5.69 Å². The van der Waals surface area contributed by atoms with Gasteiger partial charge in [-0.05, 0) is 57.2 Å². The van der Waals surface area contributed by atoms with Crippen LogP contribution in [0.25, 0.3) is 0 Å². The molecule has 0 unspecified atom stereocenters. The third-order valence-corrected chi connectivity index (χ3v) is 5.01. The number of aryl methyl sites for hydroxylation is 1. The molecule has 1 amide bonds. The maximum absolute atomic E-state index is 12.6. The van der Waals surface area contributed by atoms with Crippen molar-refractivity contribution in [2.45, 2.75) is 60.0 Å². The molecule has 2 aromatic rings. The van der Waals surface area contributed by atoms with Gasteiger partial charge >= 0.3 is 5.97 Å². The van der Waals surface area contributed by atoms with E-state index in [1.807, 2.05) is 24.3 Å². The fourth-order valence-electron chi connectivity index (χ4n) is 3.25. The van der Waals surface area contributed by atoms with E-state index in [2.05, 4.69) is 24.1 Å². The second kappa shape index (κ2) is 8.87. The average Bonchev–Trinajstić information content (AvgIpc) is 2.95. The Morgan fingerprint density at radius 2 is 1.79 bits per heavy atom. The zero-order valence-corrected chi connectivity index (χ0v) is 17.3. The van der Waals surface area contributed by atoms with Crippen molar-refractivity contribution in [2.24, 2.45) is 0 Å². The predicted octanol–water partition coefficient (Wildman–Crippen LogP) is 4.53. The van der Waals surface area contributed by atoms with Crippen molar-refractivity contribution in [3.8, 4) is 0 Å². The number of rotatable bonds is 7. The van der Waals surface area contributed by atoms with Gasteiger partial charge in [-0.25, -0.2) is 4.79 Å². The number of ether oxygens (including phenoxy) is 1. The molecule has 2 atom stereocenters. The van der Waals surface area contributed by atoms with Crippen LogP contribution >= 0.6 is 0 Å². The summed E-state index contributed by atoms with van der Waals surface area (Å²) in [6.07, 6.45) is -0.0391. The minimum Gasteiger partial charge on any atom is -0.448 e. The monoisotopic (exact) mass is 384 g/mol. The molecule has 0 aliphatic carbocycles.